The number of fused-ring (bicyclic) bond motifs is 1. The molecule has 5 rings (SSSR count). The molecule has 5 nitrogen and oxygen atoms in total. The highest BCUT2D eigenvalue weighted by Gasteiger charge is 2.58. The Kier molecular flexibility index (Phi) is 3.95. The fraction of sp³-hybridized carbons (Fsp3) is 0.636. The van der Waals surface area contributed by atoms with Gasteiger partial charge in [-0.15, -0.1) is 0 Å². The molecule has 144 valence electrons. The van der Waals surface area contributed by atoms with Crippen molar-refractivity contribution in [1.82, 2.24) is 10.2 Å². The Morgan fingerprint density at radius 3 is 2.44 bits per heavy atom. The van der Waals surface area contributed by atoms with Crippen LogP contribution in [0.4, 0.5) is 4.79 Å². The Morgan fingerprint density at radius 1 is 1.15 bits per heavy atom. The highest BCUT2D eigenvalue weighted by molar-refractivity contribution is 5.81. The molecule has 0 aromatic heterocycles. The minimum atomic E-state index is -0.403. The van der Waals surface area contributed by atoms with E-state index in [1.54, 1.807) is 0 Å². The molecule has 1 aromatic rings. The van der Waals surface area contributed by atoms with Gasteiger partial charge in [-0.1, -0.05) is 18.2 Å². The van der Waals surface area contributed by atoms with Crippen molar-refractivity contribution >= 4 is 12.0 Å². The molecule has 3 saturated carbocycles. The van der Waals surface area contributed by atoms with Crippen molar-refractivity contribution in [3.05, 3.63) is 34.9 Å². The molecule has 0 spiro atoms. The van der Waals surface area contributed by atoms with Crippen molar-refractivity contribution in [2.45, 2.75) is 50.5 Å². The van der Waals surface area contributed by atoms with Crippen LogP contribution in [0, 0.1) is 24.7 Å². The van der Waals surface area contributed by atoms with Gasteiger partial charge >= 0.3 is 6.09 Å². The van der Waals surface area contributed by atoms with Gasteiger partial charge in [-0.25, -0.2) is 4.79 Å². The predicted molar refractivity (Wildman–Crippen MR) is 102 cm³/mol. The van der Waals surface area contributed by atoms with Crippen LogP contribution in [-0.2, 0) is 9.53 Å². The fourth-order valence-electron chi connectivity index (χ4n) is 5.33. The second kappa shape index (κ2) is 6.25. The smallest absolute Gasteiger partial charge is 0.407 e. The molecule has 0 radical (unpaired) electrons. The molecule has 2 amide bonds. The van der Waals surface area contributed by atoms with Crippen molar-refractivity contribution in [3.63, 3.8) is 0 Å². The Morgan fingerprint density at radius 2 is 1.85 bits per heavy atom. The van der Waals surface area contributed by atoms with Crippen molar-refractivity contribution < 1.29 is 14.3 Å². The number of carbonyl (C=O) groups excluding carboxylic acids is 2. The molecule has 0 bridgehead atoms. The number of likely N-dealkylation sites (tertiary alicyclic amines) is 1. The number of piperidine rings is 1. The third-order valence-corrected chi connectivity index (χ3v) is 7.20. The summed E-state index contributed by atoms with van der Waals surface area (Å²) in [5.41, 5.74) is 4.46. The molecule has 2 atom stereocenters. The van der Waals surface area contributed by atoms with Gasteiger partial charge in [0, 0.05) is 25.0 Å². The van der Waals surface area contributed by atoms with Crippen LogP contribution in [0.3, 0.4) is 0 Å². The summed E-state index contributed by atoms with van der Waals surface area (Å²) >= 11 is 0. The lowest BCUT2D eigenvalue weighted by Gasteiger charge is -2.37. The molecule has 1 aliphatic heterocycles. The van der Waals surface area contributed by atoms with E-state index in [2.05, 4.69) is 40.1 Å². The van der Waals surface area contributed by atoms with Crippen molar-refractivity contribution in [3.8, 4) is 0 Å². The number of hydrogen-bond donors (Lipinski definition) is 1. The number of hydrogen-bond acceptors (Lipinski definition) is 3. The Bertz CT molecular complexity index is 770. The number of methoxy groups -OCH3 is 1. The topological polar surface area (TPSA) is 58.6 Å². The van der Waals surface area contributed by atoms with Crippen LogP contribution >= 0.6 is 0 Å². The summed E-state index contributed by atoms with van der Waals surface area (Å²) in [6.45, 7) is 4.06. The van der Waals surface area contributed by atoms with Gasteiger partial charge in [-0.2, -0.15) is 0 Å². The number of aryl methyl sites for hydroxylation is 1. The monoisotopic (exact) mass is 368 g/mol. The van der Waals surface area contributed by atoms with Gasteiger partial charge in [-0.05, 0) is 73.0 Å². The van der Waals surface area contributed by atoms with E-state index in [1.165, 1.54) is 36.6 Å². The van der Waals surface area contributed by atoms with Crippen LogP contribution in [0.25, 0.3) is 0 Å². The maximum Gasteiger partial charge on any atom is 0.407 e. The molecule has 1 heterocycles. The van der Waals surface area contributed by atoms with Gasteiger partial charge in [-0.3, -0.25) is 4.79 Å². The van der Waals surface area contributed by atoms with Crippen LogP contribution in [0.2, 0.25) is 0 Å². The van der Waals surface area contributed by atoms with Crippen LogP contribution in [0.1, 0.15) is 54.2 Å². The van der Waals surface area contributed by atoms with E-state index < -0.39 is 6.09 Å². The third-order valence-electron chi connectivity index (χ3n) is 7.20. The maximum atomic E-state index is 12.7. The average molecular weight is 368 g/mol. The highest BCUT2D eigenvalue weighted by Crippen LogP contribution is 2.59. The van der Waals surface area contributed by atoms with E-state index in [1.807, 2.05) is 0 Å². The van der Waals surface area contributed by atoms with Gasteiger partial charge in [0.25, 0.3) is 0 Å². The van der Waals surface area contributed by atoms with Gasteiger partial charge < -0.3 is 15.0 Å². The van der Waals surface area contributed by atoms with Crippen LogP contribution in [0.5, 0.6) is 0 Å². The Labute approximate surface area is 160 Å². The minimum absolute atomic E-state index is 0.0719. The lowest BCUT2D eigenvalue weighted by atomic mass is 9.79. The predicted octanol–water partition coefficient (Wildman–Crippen LogP) is 3.18. The first kappa shape index (κ1) is 17.1. The van der Waals surface area contributed by atoms with Gasteiger partial charge in [0.1, 0.15) is 0 Å². The highest BCUT2D eigenvalue weighted by atomic mass is 16.5. The number of alkyl carbamates (subject to hydrolysis) is 1. The number of carbonyl (C=O) groups is 2. The Balaban J connectivity index is 1.14. The van der Waals surface area contributed by atoms with Gasteiger partial charge in [0.05, 0.1) is 7.11 Å². The van der Waals surface area contributed by atoms with Crippen molar-refractivity contribution in [2.24, 2.45) is 17.8 Å². The quantitative estimate of drug-likeness (QED) is 0.888. The maximum absolute atomic E-state index is 12.7. The minimum Gasteiger partial charge on any atom is -0.453 e. The number of nitrogens with zero attached hydrogens (tertiary/aromatic N) is 1. The van der Waals surface area contributed by atoms with E-state index in [0.29, 0.717) is 17.8 Å². The third kappa shape index (κ3) is 3.01. The standard InChI is InChI=1S/C22H28N2O3/c1-12-7-14(13-3-4-13)5-6-17(12)20-18-10-24(11-19(18)20)21(25)15-8-16(9-15)23-22(26)27-2/h5-7,13,15-16,18-20H,3-4,8-11H2,1-2H3,(H,23,26). The van der Waals surface area contributed by atoms with Crippen molar-refractivity contribution in [1.29, 1.82) is 0 Å². The van der Waals surface area contributed by atoms with Gasteiger partial charge in [0.2, 0.25) is 5.91 Å². The van der Waals surface area contributed by atoms with Crippen molar-refractivity contribution in [2.75, 3.05) is 20.2 Å². The summed E-state index contributed by atoms with van der Waals surface area (Å²) in [4.78, 5) is 26.0. The number of ether oxygens (including phenoxy) is 1. The molecule has 3 aliphatic carbocycles. The first-order valence-corrected chi connectivity index (χ1v) is 10.3. The summed E-state index contributed by atoms with van der Waals surface area (Å²) < 4.78 is 4.61. The zero-order valence-electron chi connectivity index (χ0n) is 16.1. The number of amides is 2. The van der Waals surface area contributed by atoms with Crippen LogP contribution < -0.4 is 5.32 Å². The molecular weight excluding hydrogens is 340 g/mol. The second-order valence-electron chi connectivity index (χ2n) is 8.99. The Hall–Kier alpha value is -2.04. The SMILES string of the molecule is COC(=O)NC1CC(C(=O)N2CC3C(C2)C3c2ccc(C3CC3)cc2C)C1. The number of benzene rings is 1. The summed E-state index contributed by atoms with van der Waals surface area (Å²) in [5.74, 6) is 3.10. The molecule has 1 N–H and O–H groups in total. The largest absolute Gasteiger partial charge is 0.453 e. The number of nitrogens with one attached hydrogen (secondary N) is 1. The van der Waals surface area contributed by atoms with E-state index in [4.69, 9.17) is 0 Å². The summed E-state index contributed by atoms with van der Waals surface area (Å²) in [6, 6.07) is 7.17. The lowest BCUT2D eigenvalue weighted by Crippen LogP contribution is -2.50. The number of rotatable bonds is 4. The molecule has 4 aliphatic rings. The second-order valence-corrected chi connectivity index (χ2v) is 8.99. The van der Waals surface area contributed by atoms with E-state index in [9.17, 15) is 9.59 Å². The zero-order valence-corrected chi connectivity index (χ0v) is 16.1. The molecule has 2 unspecified atom stereocenters. The molecule has 4 fully saturated rings. The first-order chi connectivity index (χ1) is 13.0. The van der Waals surface area contributed by atoms with Gasteiger partial charge in [0.15, 0.2) is 0 Å². The first-order valence-electron chi connectivity index (χ1n) is 10.3. The summed E-state index contributed by atoms with van der Waals surface area (Å²) in [7, 11) is 1.37. The van der Waals surface area contributed by atoms with E-state index >= 15 is 0 Å². The fourth-order valence-corrected chi connectivity index (χ4v) is 5.33. The molecule has 1 aromatic carbocycles. The zero-order chi connectivity index (χ0) is 18.7. The summed E-state index contributed by atoms with van der Waals surface area (Å²) in [5, 5.41) is 2.78. The molecule has 5 heteroatoms. The normalized spacial score (nSPS) is 33.9. The molecule has 27 heavy (non-hydrogen) atoms. The lowest BCUT2D eigenvalue weighted by molar-refractivity contribution is -0.138. The van der Waals surface area contributed by atoms with Crippen LogP contribution in [0.15, 0.2) is 18.2 Å². The van der Waals surface area contributed by atoms with Crippen LogP contribution in [-0.4, -0.2) is 43.1 Å². The van der Waals surface area contributed by atoms with E-state index in [-0.39, 0.29) is 17.9 Å². The molecule has 1 saturated heterocycles. The van der Waals surface area contributed by atoms with E-state index in [0.717, 1.165) is 31.8 Å². The average Bonchev–Trinajstić information content (AvgIpc) is 3.54. The summed E-state index contributed by atoms with van der Waals surface area (Å²) in [6.07, 6.45) is 3.78. The molecular formula is C22H28N2O3.